The van der Waals surface area contributed by atoms with Crippen LogP contribution >= 0.6 is 11.6 Å². The van der Waals surface area contributed by atoms with Crippen LogP contribution in [-0.2, 0) is 32.2 Å². The largest absolute Gasteiger partial charge is 0.357 e. The molecule has 0 aromatic heterocycles. The second-order valence-electron chi connectivity index (χ2n) is 10.9. The van der Waals surface area contributed by atoms with E-state index < -0.39 is 45.7 Å². The number of nitrogens with zero attached hydrogens (tertiary/aromatic N) is 2. The highest BCUT2D eigenvalue weighted by atomic mass is 35.5. The molecule has 1 fully saturated rings. The summed E-state index contributed by atoms with van der Waals surface area (Å²) in [5.74, 6) is -7.25. The molecule has 1 saturated heterocycles. The number of halogens is 3. The number of hydrogen-bond donors (Lipinski definition) is 1. The van der Waals surface area contributed by atoms with E-state index in [0.717, 1.165) is 16.9 Å². The Balaban J connectivity index is 1.60. The number of nitrogens with one attached hydrogen (secondary N) is 1. The number of alkyl halides is 2. The second kappa shape index (κ2) is 9.36. The molecule has 38 heavy (non-hydrogen) atoms. The molecule has 2 aromatic carbocycles. The fourth-order valence-corrected chi connectivity index (χ4v) is 5.44. The summed E-state index contributed by atoms with van der Waals surface area (Å²) in [4.78, 5) is 54.4. The van der Waals surface area contributed by atoms with Gasteiger partial charge in [0, 0.05) is 33.8 Å². The molecule has 7 nitrogen and oxygen atoms in total. The highest BCUT2D eigenvalue weighted by Gasteiger charge is 2.56. The van der Waals surface area contributed by atoms with E-state index in [1.165, 1.54) is 25.0 Å². The lowest BCUT2D eigenvalue weighted by Crippen LogP contribution is -2.68. The number of imide groups is 1. The van der Waals surface area contributed by atoms with Crippen molar-refractivity contribution in [3.63, 3.8) is 0 Å². The van der Waals surface area contributed by atoms with Crippen molar-refractivity contribution in [2.45, 2.75) is 34.9 Å². The van der Waals surface area contributed by atoms with Crippen LogP contribution in [0.4, 0.5) is 8.78 Å². The van der Waals surface area contributed by atoms with Gasteiger partial charge in [0.1, 0.15) is 39.2 Å². The summed E-state index contributed by atoms with van der Waals surface area (Å²) < 4.78 is 29.8. The van der Waals surface area contributed by atoms with Gasteiger partial charge in [-0.25, -0.2) is 0 Å². The van der Waals surface area contributed by atoms with Gasteiger partial charge in [0.05, 0.1) is 5.44 Å². The van der Waals surface area contributed by atoms with Gasteiger partial charge in [-0.3, -0.25) is 19.2 Å². The van der Waals surface area contributed by atoms with Crippen molar-refractivity contribution in [3.05, 3.63) is 69.7 Å². The maximum Gasteiger partial charge on any atom is 0.349 e. The first kappa shape index (κ1) is 28.1. The minimum absolute atomic E-state index is 0.105. The number of carbonyl (C=O) groups excluding carboxylic acids is 4. The van der Waals surface area contributed by atoms with Crippen molar-refractivity contribution < 1.29 is 28.0 Å². The lowest BCUT2D eigenvalue weighted by molar-refractivity contribution is -0.148. The number of carbonyl (C=O) groups is 4. The Morgan fingerprint density at radius 1 is 1.05 bits per heavy atom. The topological polar surface area (TPSA) is 86.8 Å². The van der Waals surface area contributed by atoms with Crippen LogP contribution in [-0.4, -0.2) is 86.0 Å². The lowest BCUT2D eigenvalue weighted by Gasteiger charge is -2.50. The zero-order valence-electron chi connectivity index (χ0n) is 22.1. The van der Waals surface area contributed by atoms with Crippen LogP contribution in [0.25, 0.3) is 0 Å². The summed E-state index contributed by atoms with van der Waals surface area (Å²) in [7, 11) is 9.81. The van der Waals surface area contributed by atoms with E-state index in [2.05, 4.69) is 5.32 Å². The second-order valence-corrected chi connectivity index (χ2v) is 11.3. The lowest BCUT2D eigenvalue weighted by atomic mass is 9.48. The number of piperidine rings is 1. The molecular weight excluding hydrogens is 509 g/mol. The molecular formula is C22H24B6ClF2N3O4. The molecule has 2 unspecified atom stereocenters. The van der Waals surface area contributed by atoms with Gasteiger partial charge < -0.3 is 15.0 Å². The van der Waals surface area contributed by atoms with Gasteiger partial charge in [0.15, 0.2) is 0 Å². The third kappa shape index (κ3) is 4.28. The molecule has 0 radical (unpaired) electrons. The number of benzene rings is 2. The average molecular weight is 533 g/mol. The summed E-state index contributed by atoms with van der Waals surface area (Å²) in [6.45, 7) is 0.105. The Kier molecular flexibility index (Phi) is 6.92. The van der Waals surface area contributed by atoms with Crippen LogP contribution in [0.2, 0.25) is 16.7 Å². The maximum absolute atomic E-state index is 14.9. The van der Waals surface area contributed by atoms with E-state index in [-0.39, 0.29) is 23.4 Å². The molecule has 2 heterocycles. The van der Waals surface area contributed by atoms with Gasteiger partial charge >= 0.3 is 5.92 Å². The quantitative estimate of drug-likeness (QED) is 0.323. The predicted octanol–water partition coefficient (Wildman–Crippen LogP) is -3.33. The van der Waals surface area contributed by atoms with Gasteiger partial charge in [-0.2, -0.15) is 8.78 Å². The molecule has 190 valence electrons. The average Bonchev–Trinajstić information content (AvgIpc) is 3.21. The number of amides is 4. The number of rotatable bonds is 5. The Hall–Kier alpha value is -2.94. The highest BCUT2D eigenvalue weighted by molar-refractivity contribution is 6.47. The van der Waals surface area contributed by atoms with Gasteiger partial charge in [0.2, 0.25) is 19.8 Å². The van der Waals surface area contributed by atoms with Crippen LogP contribution in [0.3, 0.4) is 0 Å². The first-order chi connectivity index (χ1) is 17.5. The molecule has 0 aliphatic carbocycles. The summed E-state index contributed by atoms with van der Waals surface area (Å²) in [5, 5.41) is 1.49. The first-order valence-electron chi connectivity index (χ1n) is 12.3. The first-order valence-corrected chi connectivity index (χ1v) is 12.6. The Bertz CT molecular complexity index is 1370. The molecule has 0 spiro atoms. The molecule has 0 saturated carbocycles. The van der Waals surface area contributed by atoms with Crippen LogP contribution in [0, 0.1) is 0 Å². The molecule has 3 atom stereocenters. The van der Waals surface area contributed by atoms with E-state index in [1.54, 1.807) is 57.4 Å². The molecule has 16 heteroatoms. The number of fused-ring (bicyclic) bond motifs is 1. The van der Waals surface area contributed by atoms with Crippen molar-refractivity contribution in [2.75, 3.05) is 0 Å². The Morgan fingerprint density at radius 3 is 2.24 bits per heavy atom. The molecule has 4 amide bonds. The fourth-order valence-electron chi connectivity index (χ4n) is 5.31. The SMILES string of the molecule is BC1C(=O)N(B)C(=O)[C@](B)(N2Cc3cc(C(B)(B)NC(=O)C(F)(F)c4ccc(Cl)cc4)ccc3C2=O)C1B. The van der Waals surface area contributed by atoms with Crippen LogP contribution in [0.1, 0.15) is 27.0 Å². The zero-order valence-corrected chi connectivity index (χ0v) is 22.8. The van der Waals surface area contributed by atoms with Gasteiger partial charge in [-0.15, -0.1) is 0 Å². The fraction of sp³-hybridized carbons (Fsp3) is 0.273. The van der Waals surface area contributed by atoms with Crippen LogP contribution < -0.4 is 5.32 Å². The molecule has 4 rings (SSSR count). The third-order valence-electron chi connectivity index (χ3n) is 8.20. The zero-order chi connectivity index (χ0) is 28.4. The molecule has 2 aliphatic rings. The van der Waals surface area contributed by atoms with Gasteiger partial charge in [0.25, 0.3) is 11.8 Å². The van der Waals surface area contributed by atoms with Gasteiger partial charge in [-0.1, -0.05) is 35.9 Å². The minimum atomic E-state index is -3.79. The van der Waals surface area contributed by atoms with Crippen LogP contribution in [0.5, 0.6) is 0 Å². The third-order valence-corrected chi connectivity index (χ3v) is 8.46. The predicted molar refractivity (Wildman–Crippen MR) is 155 cm³/mol. The van der Waals surface area contributed by atoms with E-state index in [4.69, 9.17) is 11.6 Å². The molecule has 1 N–H and O–H groups in total. The number of hydrogen-bond acceptors (Lipinski definition) is 4. The van der Waals surface area contributed by atoms with E-state index >= 15 is 0 Å². The smallest absolute Gasteiger partial charge is 0.349 e. The van der Waals surface area contributed by atoms with Crippen molar-refractivity contribution in [1.82, 2.24) is 15.0 Å². The summed E-state index contributed by atoms with van der Waals surface area (Å²) in [6, 6.07) is 9.66. The highest BCUT2D eigenvalue weighted by Crippen LogP contribution is 2.43. The van der Waals surface area contributed by atoms with Crippen LogP contribution in [0.15, 0.2) is 42.5 Å². The summed E-state index contributed by atoms with van der Waals surface area (Å²) >= 11 is 5.78. The summed E-state index contributed by atoms with van der Waals surface area (Å²) in [5.41, 5.74) is -0.228. The molecule has 2 aliphatic heterocycles. The van der Waals surface area contributed by atoms with Crippen molar-refractivity contribution >= 4 is 82.4 Å². The van der Waals surface area contributed by atoms with Crippen molar-refractivity contribution in [1.29, 1.82) is 0 Å². The molecule has 0 bridgehead atoms. The minimum Gasteiger partial charge on any atom is -0.357 e. The summed E-state index contributed by atoms with van der Waals surface area (Å²) in [6.07, 6.45) is 0. The van der Waals surface area contributed by atoms with E-state index in [0.29, 0.717) is 16.7 Å². The van der Waals surface area contributed by atoms with Crippen molar-refractivity contribution in [3.8, 4) is 0 Å². The Morgan fingerprint density at radius 2 is 1.63 bits per heavy atom. The monoisotopic (exact) mass is 533 g/mol. The van der Waals surface area contributed by atoms with Crippen molar-refractivity contribution in [2.24, 2.45) is 0 Å². The molecule has 2 aromatic rings. The van der Waals surface area contributed by atoms with E-state index in [9.17, 15) is 28.0 Å². The Labute approximate surface area is 229 Å². The standard InChI is InChI=1S/C22H24B6ClF2N3O4/c23-14-15(24)20(25,19(38)34(28)17(14)36)33-8-9-7-11(3-6-13(9)16(33)35)22(26,27)32-18(37)21(30,31)10-1-4-12(29)5-2-10/h1-7,14-15H,8,23-28H2,(H,32,37)/t14?,15?,20-/m1/s1. The normalized spacial score (nSPS) is 23.9. The van der Waals surface area contributed by atoms with E-state index in [1.807, 2.05) is 0 Å². The maximum atomic E-state index is 14.9. The van der Waals surface area contributed by atoms with Gasteiger partial charge in [-0.05, 0) is 35.1 Å².